The van der Waals surface area contributed by atoms with Crippen molar-refractivity contribution in [2.75, 3.05) is 27.5 Å². The molecule has 3 aromatic rings. The lowest BCUT2D eigenvalue weighted by molar-refractivity contribution is -0.908. The number of rotatable bonds is 2. The first kappa shape index (κ1) is 14.7. The van der Waals surface area contributed by atoms with Crippen LogP contribution in [0.15, 0.2) is 36.5 Å². The Morgan fingerprint density at radius 3 is 3.00 bits per heavy atom. The molecular weight excluding hydrogens is 316 g/mol. The van der Waals surface area contributed by atoms with Gasteiger partial charge in [-0.1, -0.05) is 18.2 Å². The summed E-state index contributed by atoms with van der Waals surface area (Å²) in [5, 5.41) is 1.26. The summed E-state index contributed by atoms with van der Waals surface area (Å²) >= 11 is 0. The number of para-hydroxylation sites is 1. The summed E-state index contributed by atoms with van der Waals surface area (Å²) in [6, 6.07) is 10.8. The lowest BCUT2D eigenvalue weighted by Gasteiger charge is -2.33. The van der Waals surface area contributed by atoms with Crippen LogP contribution in [0.3, 0.4) is 0 Å². The average molecular weight is 337 g/mol. The Labute approximate surface area is 146 Å². The highest BCUT2D eigenvalue weighted by molar-refractivity contribution is 5.84. The molecule has 0 bridgehead atoms. The topological polar surface area (TPSA) is 47.9 Å². The van der Waals surface area contributed by atoms with E-state index in [2.05, 4.69) is 48.6 Å². The van der Waals surface area contributed by atoms with E-state index in [0.717, 1.165) is 35.7 Å². The highest BCUT2D eigenvalue weighted by Crippen LogP contribution is 2.48. The third kappa shape index (κ3) is 2.05. The minimum absolute atomic E-state index is 0.198. The van der Waals surface area contributed by atoms with E-state index >= 15 is 0 Å². The van der Waals surface area contributed by atoms with Gasteiger partial charge in [-0.3, -0.25) is 0 Å². The Kier molecular flexibility index (Phi) is 3.18. The second kappa shape index (κ2) is 5.43. The van der Waals surface area contributed by atoms with Crippen LogP contribution < -0.4 is 19.1 Å². The number of methoxy groups -OCH3 is 1. The van der Waals surface area contributed by atoms with Crippen LogP contribution in [-0.4, -0.2) is 32.5 Å². The third-order valence-corrected chi connectivity index (χ3v) is 5.45. The van der Waals surface area contributed by atoms with Crippen LogP contribution in [0.1, 0.15) is 22.7 Å². The summed E-state index contributed by atoms with van der Waals surface area (Å²) in [7, 11) is 3.97. The lowest BCUT2D eigenvalue weighted by Crippen LogP contribution is -3.10. The molecule has 0 radical (unpaired) electrons. The molecule has 1 aromatic heterocycles. The first-order valence-corrected chi connectivity index (χ1v) is 8.65. The van der Waals surface area contributed by atoms with Crippen molar-refractivity contribution < 1.29 is 19.1 Å². The van der Waals surface area contributed by atoms with Crippen molar-refractivity contribution in [3.63, 3.8) is 0 Å². The van der Waals surface area contributed by atoms with Gasteiger partial charge < -0.3 is 24.1 Å². The summed E-state index contributed by atoms with van der Waals surface area (Å²) in [6.07, 6.45) is 3.14. The highest BCUT2D eigenvalue weighted by atomic mass is 16.7. The number of hydrogen-bond acceptors (Lipinski definition) is 3. The molecule has 2 atom stereocenters. The Hall–Kier alpha value is -2.66. The van der Waals surface area contributed by atoms with Crippen molar-refractivity contribution >= 4 is 10.9 Å². The molecule has 25 heavy (non-hydrogen) atoms. The molecule has 2 aliphatic rings. The van der Waals surface area contributed by atoms with Gasteiger partial charge in [0.25, 0.3) is 0 Å². The number of quaternary nitrogens is 1. The molecule has 128 valence electrons. The molecule has 0 aliphatic carbocycles. The van der Waals surface area contributed by atoms with Gasteiger partial charge in [-0.05, 0) is 17.7 Å². The summed E-state index contributed by atoms with van der Waals surface area (Å²) in [4.78, 5) is 4.87. The molecule has 2 aliphatic heterocycles. The Balaban J connectivity index is 1.77. The number of nitrogens with one attached hydrogen (secondary N) is 2. The largest absolute Gasteiger partial charge is 0.492 e. The molecule has 0 saturated carbocycles. The fourth-order valence-electron chi connectivity index (χ4n) is 4.28. The Morgan fingerprint density at radius 1 is 1.24 bits per heavy atom. The highest BCUT2D eigenvalue weighted by Gasteiger charge is 2.38. The fraction of sp³-hybridized carbons (Fsp3) is 0.300. The number of likely N-dealkylation sites (N-methyl/N-ethyl adjacent to an activating group) is 1. The molecule has 5 rings (SSSR count). The molecule has 0 fully saturated rings. The number of ether oxygens (including phenoxy) is 3. The van der Waals surface area contributed by atoms with Crippen LogP contribution in [0.5, 0.6) is 17.2 Å². The van der Waals surface area contributed by atoms with Gasteiger partial charge in [0.1, 0.15) is 6.04 Å². The molecule has 5 heteroatoms. The van der Waals surface area contributed by atoms with E-state index < -0.39 is 0 Å². The maximum atomic E-state index is 5.82. The number of fused-ring (bicyclic) bond motifs is 3. The van der Waals surface area contributed by atoms with Crippen LogP contribution in [0.25, 0.3) is 10.9 Å². The predicted molar refractivity (Wildman–Crippen MR) is 94.7 cm³/mol. The monoisotopic (exact) mass is 337 g/mol. The van der Waals surface area contributed by atoms with Crippen LogP contribution in [0.4, 0.5) is 0 Å². The van der Waals surface area contributed by atoms with Crippen molar-refractivity contribution in [2.45, 2.75) is 12.5 Å². The van der Waals surface area contributed by atoms with Crippen molar-refractivity contribution in [3.05, 3.63) is 53.2 Å². The maximum absolute atomic E-state index is 5.82. The molecule has 5 nitrogen and oxygen atoms in total. The first-order valence-electron chi connectivity index (χ1n) is 8.65. The van der Waals surface area contributed by atoms with Gasteiger partial charge in [0, 0.05) is 29.1 Å². The molecule has 0 amide bonds. The average Bonchev–Trinajstić information content (AvgIpc) is 3.26. The Morgan fingerprint density at radius 2 is 2.12 bits per heavy atom. The van der Waals surface area contributed by atoms with Gasteiger partial charge in [0.05, 0.1) is 26.3 Å². The van der Waals surface area contributed by atoms with Gasteiger partial charge in [-0.15, -0.1) is 0 Å². The van der Waals surface area contributed by atoms with Crippen molar-refractivity contribution in [3.8, 4) is 17.2 Å². The van der Waals surface area contributed by atoms with Crippen molar-refractivity contribution in [1.82, 2.24) is 4.98 Å². The summed E-state index contributed by atoms with van der Waals surface area (Å²) in [5.41, 5.74) is 4.98. The van der Waals surface area contributed by atoms with E-state index in [0.29, 0.717) is 0 Å². The molecule has 0 spiro atoms. The van der Waals surface area contributed by atoms with Crippen molar-refractivity contribution in [2.24, 2.45) is 0 Å². The van der Waals surface area contributed by atoms with Crippen LogP contribution in [-0.2, 0) is 6.42 Å². The molecule has 0 saturated heterocycles. The first-order chi connectivity index (χ1) is 12.3. The smallest absolute Gasteiger partial charge is 0.231 e. The zero-order chi connectivity index (χ0) is 17.0. The van der Waals surface area contributed by atoms with Crippen molar-refractivity contribution in [1.29, 1.82) is 0 Å². The lowest BCUT2D eigenvalue weighted by atomic mass is 9.87. The number of benzene rings is 2. The second-order valence-electron chi connectivity index (χ2n) is 6.79. The van der Waals surface area contributed by atoms with E-state index in [-0.39, 0.29) is 12.8 Å². The number of H-pyrrole nitrogens is 1. The zero-order valence-corrected chi connectivity index (χ0v) is 14.4. The number of hydrogen-bond donors (Lipinski definition) is 2. The molecule has 2 N–H and O–H groups in total. The zero-order valence-electron chi connectivity index (χ0n) is 14.4. The maximum Gasteiger partial charge on any atom is 0.231 e. The van der Waals surface area contributed by atoms with Gasteiger partial charge in [0.2, 0.25) is 12.5 Å². The van der Waals surface area contributed by atoms with Crippen LogP contribution in [0, 0.1) is 0 Å². The van der Waals surface area contributed by atoms with Gasteiger partial charge >= 0.3 is 0 Å². The summed E-state index contributed by atoms with van der Waals surface area (Å²) in [5.74, 6) is 2.35. The minimum atomic E-state index is 0.198. The molecule has 2 aromatic carbocycles. The van der Waals surface area contributed by atoms with Gasteiger partial charge in [-0.25, -0.2) is 0 Å². The number of aromatic amines is 1. The normalized spacial score (nSPS) is 21.4. The predicted octanol–water partition coefficient (Wildman–Crippen LogP) is 2.07. The fourth-order valence-corrected chi connectivity index (χ4v) is 4.28. The minimum Gasteiger partial charge on any atom is -0.492 e. The standard InChI is InChI=1S/C20H20N2O3/c1-22-8-7-12-9-16-19(25-11-24-16)20(23-2)17(12)18(22)14-10-21-15-6-4-3-5-13(14)15/h3-6,9-10,18,21H,7-8,11H2,1-2H3/p+1/t18-/m1/s1. The van der Waals surface area contributed by atoms with E-state index in [9.17, 15) is 0 Å². The quantitative estimate of drug-likeness (QED) is 0.753. The number of aromatic nitrogens is 1. The van der Waals surface area contributed by atoms with Crippen LogP contribution in [0.2, 0.25) is 0 Å². The van der Waals surface area contributed by atoms with E-state index in [1.807, 2.05) is 0 Å². The van der Waals surface area contributed by atoms with E-state index in [1.54, 1.807) is 7.11 Å². The van der Waals surface area contributed by atoms with E-state index in [1.165, 1.54) is 27.0 Å². The SMILES string of the molecule is COc1c2c(cc3c1[C@@H](c1c[nH]c4ccccc14)[NH+](C)CC3)OCO2. The van der Waals surface area contributed by atoms with Gasteiger partial charge in [0.15, 0.2) is 11.5 Å². The molecule has 1 unspecified atom stereocenters. The second-order valence-corrected chi connectivity index (χ2v) is 6.79. The van der Waals surface area contributed by atoms with E-state index in [4.69, 9.17) is 14.2 Å². The molecule has 3 heterocycles. The van der Waals surface area contributed by atoms with Crippen LogP contribution >= 0.6 is 0 Å². The third-order valence-electron chi connectivity index (χ3n) is 5.45. The molecular formula is C20H21N2O3+. The summed E-state index contributed by atoms with van der Waals surface area (Å²) in [6.45, 7) is 1.33. The Bertz CT molecular complexity index is 963. The summed E-state index contributed by atoms with van der Waals surface area (Å²) < 4.78 is 17.1. The van der Waals surface area contributed by atoms with Gasteiger partial charge in [-0.2, -0.15) is 0 Å².